The fourth-order valence-corrected chi connectivity index (χ4v) is 4.98. The molecule has 5 aromatic rings. The van der Waals surface area contributed by atoms with Crippen molar-refractivity contribution in [2.75, 3.05) is 16.8 Å². The van der Waals surface area contributed by atoms with E-state index in [-0.39, 0.29) is 29.1 Å². The van der Waals surface area contributed by atoms with Gasteiger partial charge in [-0.3, -0.25) is 10.2 Å². The van der Waals surface area contributed by atoms with E-state index in [0.29, 0.717) is 34.6 Å². The maximum Gasteiger partial charge on any atom is 0.292 e. The van der Waals surface area contributed by atoms with Crippen LogP contribution >= 0.6 is 0 Å². The highest BCUT2D eigenvalue weighted by molar-refractivity contribution is 6.17. The van der Waals surface area contributed by atoms with Crippen molar-refractivity contribution >= 4 is 45.2 Å². The highest BCUT2D eigenvalue weighted by Crippen LogP contribution is 2.33. The van der Waals surface area contributed by atoms with E-state index in [1.807, 2.05) is 29.7 Å². The van der Waals surface area contributed by atoms with Gasteiger partial charge in [0.15, 0.2) is 5.58 Å². The molecule has 1 aliphatic carbocycles. The molecule has 10 nitrogen and oxygen atoms in total. The molecule has 0 bridgehead atoms. The molecule has 6 rings (SSSR count). The summed E-state index contributed by atoms with van der Waals surface area (Å²) < 4.78 is 7.26. The lowest BCUT2D eigenvalue weighted by Gasteiger charge is -2.31. The minimum absolute atomic E-state index is 0.0347. The van der Waals surface area contributed by atoms with Crippen LogP contribution < -0.4 is 22.3 Å². The Morgan fingerprint density at radius 1 is 1.19 bits per heavy atom. The number of nitrogen functional groups attached to an aromatic ring is 2. The van der Waals surface area contributed by atoms with Crippen LogP contribution in [0.5, 0.6) is 0 Å². The summed E-state index contributed by atoms with van der Waals surface area (Å²) in [4.78, 5) is 26.2. The van der Waals surface area contributed by atoms with Gasteiger partial charge in [0.1, 0.15) is 23.5 Å². The smallest absolute Gasteiger partial charge is 0.292 e. The Hall–Kier alpha value is -4.73. The van der Waals surface area contributed by atoms with Gasteiger partial charge in [-0.1, -0.05) is 18.2 Å². The Morgan fingerprint density at radius 2 is 2.03 bits per heavy atom. The van der Waals surface area contributed by atoms with Gasteiger partial charge in [-0.05, 0) is 61.4 Å². The normalized spacial score (nSPS) is 13.6. The fourth-order valence-electron chi connectivity index (χ4n) is 4.98. The first-order valence-electron chi connectivity index (χ1n) is 12.1. The van der Waals surface area contributed by atoms with E-state index in [0.717, 1.165) is 41.3 Å². The lowest BCUT2D eigenvalue weighted by molar-refractivity contribution is 0.301. The molecule has 0 aliphatic heterocycles. The number of nitrogens with one attached hydrogen (secondary N) is 2. The molecule has 0 atom stereocenters. The Bertz CT molecular complexity index is 1750. The van der Waals surface area contributed by atoms with E-state index >= 15 is 0 Å². The number of oxazole rings is 1. The molecule has 0 unspecified atom stereocenters. The van der Waals surface area contributed by atoms with Crippen LogP contribution in [0.4, 0.5) is 17.7 Å². The van der Waals surface area contributed by atoms with E-state index in [2.05, 4.69) is 26.3 Å². The molecule has 0 amide bonds. The summed E-state index contributed by atoms with van der Waals surface area (Å²) in [6, 6.07) is 13.4. The van der Waals surface area contributed by atoms with E-state index in [1.54, 1.807) is 18.2 Å². The third-order valence-corrected chi connectivity index (χ3v) is 7.07. The lowest BCUT2D eigenvalue weighted by Crippen LogP contribution is -2.32. The average molecular weight is 495 g/mol. The van der Waals surface area contributed by atoms with Crippen molar-refractivity contribution in [1.29, 1.82) is 5.41 Å². The van der Waals surface area contributed by atoms with Gasteiger partial charge in [-0.25, -0.2) is 9.97 Å². The number of hydrogen-bond acceptors (Lipinski definition) is 9. The zero-order valence-corrected chi connectivity index (χ0v) is 20.3. The summed E-state index contributed by atoms with van der Waals surface area (Å²) in [6.07, 6.45) is 4.44. The Labute approximate surface area is 211 Å². The highest BCUT2D eigenvalue weighted by Gasteiger charge is 2.25. The molecule has 37 heavy (non-hydrogen) atoms. The first kappa shape index (κ1) is 22.7. The summed E-state index contributed by atoms with van der Waals surface area (Å²) >= 11 is 0. The number of aromatic nitrogens is 4. The number of hydrogen-bond donors (Lipinski definition) is 4. The quantitative estimate of drug-likeness (QED) is 0.256. The molecular formula is C27H26N8O2. The molecule has 3 aromatic heterocycles. The van der Waals surface area contributed by atoms with Gasteiger partial charge in [0, 0.05) is 17.3 Å². The van der Waals surface area contributed by atoms with E-state index in [9.17, 15) is 4.79 Å². The van der Waals surface area contributed by atoms with Crippen molar-refractivity contribution in [2.24, 2.45) is 0 Å². The minimum Gasteiger partial charge on any atom is -0.424 e. The first-order chi connectivity index (χ1) is 17.9. The third kappa shape index (κ3) is 3.86. The predicted molar refractivity (Wildman–Crippen MR) is 144 cm³/mol. The molecule has 186 valence electrons. The number of benzene rings is 2. The molecule has 0 spiro atoms. The van der Waals surface area contributed by atoms with Gasteiger partial charge >= 0.3 is 0 Å². The fraction of sp³-hybridized carbons (Fsp3) is 0.222. The van der Waals surface area contributed by atoms with Gasteiger partial charge in [0.2, 0.25) is 0 Å². The molecule has 1 fully saturated rings. The summed E-state index contributed by atoms with van der Waals surface area (Å²) in [5.41, 5.74) is 15.9. The predicted octanol–water partition coefficient (Wildman–Crippen LogP) is 4.16. The van der Waals surface area contributed by atoms with E-state index in [1.165, 1.54) is 6.33 Å². The van der Waals surface area contributed by atoms with Crippen LogP contribution in [-0.2, 0) is 6.54 Å². The van der Waals surface area contributed by atoms with Crippen molar-refractivity contribution in [3.05, 3.63) is 81.5 Å². The van der Waals surface area contributed by atoms with E-state index < -0.39 is 0 Å². The summed E-state index contributed by atoms with van der Waals surface area (Å²) in [7, 11) is 0. The van der Waals surface area contributed by atoms with Gasteiger partial charge in [-0.15, -0.1) is 0 Å². The second kappa shape index (κ2) is 8.74. The van der Waals surface area contributed by atoms with Crippen molar-refractivity contribution in [2.45, 2.75) is 38.8 Å². The van der Waals surface area contributed by atoms with Crippen molar-refractivity contribution in [3.63, 3.8) is 0 Å². The van der Waals surface area contributed by atoms with Gasteiger partial charge in [0.25, 0.3) is 11.6 Å². The molecule has 10 heteroatoms. The van der Waals surface area contributed by atoms with Crippen molar-refractivity contribution < 1.29 is 4.42 Å². The minimum atomic E-state index is 0.0347. The van der Waals surface area contributed by atoms with Crippen LogP contribution in [-0.4, -0.2) is 25.2 Å². The standard InChI is InChI=1S/C27H26N8O2/c1-14-4-2-5-15-10-18(35(17-6-3-7-17)26(36)21(14)15)12-31-25-22(24(29)32-13-33-25)23(28)16-8-9-20-19(11-16)34-27(30)37-20/h2,4-5,8-11,13,17,28H,3,6-7,12H2,1H3,(H2,30,34)(H3,29,31,32,33). The SMILES string of the molecule is Cc1cccc2cc(CNc3ncnc(N)c3C(=N)c3ccc4oc(N)nc4c3)n(C3CCC3)c(=O)c12. The number of fused-ring (bicyclic) bond motifs is 2. The Balaban J connectivity index is 1.38. The largest absolute Gasteiger partial charge is 0.424 e. The second-order valence-electron chi connectivity index (χ2n) is 9.38. The van der Waals surface area contributed by atoms with Crippen LogP contribution in [0.15, 0.2) is 58.0 Å². The third-order valence-electron chi connectivity index (χ3n) is 7.07. The van der Waals surface area contributed by atoms with Crippen LogP contribution in [0.2, 0.25) is 0 Å². The molecule has 3 heterocycles. The van der Waals surface area contributed by atoms with Gasteiger partial charge in [0.05, 0.1) is 23.2 Å². The monoisotopic (exact) mass is 494 g/mol. The van der Waals surface area contributed by atoms with Crippen LogP contribution in [0, 0.1) is 12.3 Å². The molecule has 2 aromatic carbocycles. The molecule has 6 N–H and O–H groups in total. The number of aryl methyl sites for hydroxylation is 1. The van der Waals surface area contributed by atoms with Crippen molar-refractivity contribution in [3.8, 4) is 0 Å². The Morgan fingerprint density at radius 3 is 2.81 bits per heavy atom. The second-order valence-corrected chi connectivity index (χ2v) is 9.38. The van der Waals surface area contributed by atoms with Gasteiger partial charge < -0.3 is 25.8 Å². The molecule has 0 radical (unpaired) electrons. The molecule has 1 saturated carbocycles. The maximum atomic E-state index is 13.6. The van der Waals surface area contributed by atoms with Gasteiger partial charge in [-0.2, -0.15) is 4.98 Å². The summed E-state index contributed by atoms with van der Waals surface area (Å²) in [6.45, 7) is 2.31. The highest BCUT2D eigenvalue weighted by atomic mass is 16.4. The number of pyridine rings is 1. The molecular weight excluding hydrogens is 468 g/mol. The zero-order chi connectivity index (χ0) is 25.7. The number of anilines is 3. The first-order valence-corrected chi connectivity index (χ1v) is 12.1. The van der Waals surface area contributed by atoms with Crippen LogP contribution in [0.1, 0.15) is 47.7 Å². The molecule has 0 saturated heterocycles. The number of rotatable bonds is 6. The Kier molecular flexibility index (Phi) is 5.36. The van der Waals surface area contributed by atoms with E-state index in [4.69, 9.17) is 21.3 Å². The number of nitrogens with two attached hydrogens (primary N) is 2. The van der Waals surface area contributed by atoms with Crippen LogP contribution in [0.25, 0.3) is 21.9 Å². The average Bonchev–Trinajstić information content (AvgIpc) is 3.22. The maximum absolute atomic E-state index is 13.6. The zero-order valence-electron chi connectivity index (χ0n) is 20.3. The van der Waals surface area contributed by atoms with Crippen LogP contribution in [0.3, 0.4) is 0 Å². The lowest BCUT2D eigenvalue weighted by atomic mass is 9.91. The number of nitrogens with zero attached hydrogens (tertiary/aromatic N) is 4. The summed E-state index contributed by atoms with van der Waals surface area (Å²) in [5.74, 6) is 0.585. The van der Waals surface area contributed by atoms with Crippen molar-refractivity contribution in [1.82, 2.24) is 19.5 Å². The molecule has 1 aliphatic rings. The topological polar surface area (TPSA) is 162 Å². The summed E-state index contributed by atoms with van der Waals surface area (Å²) in [5, 5.41) is 13.9.